The molecule has 3 rings (SSSR count). The second kappa shape index (κ2) is 13.9. The van der Waals surface area contributed by atoms with Crippen molar-refractivity contribution in [3.05, 3.63) is 28.7 Å². The molecule has 23 heavy (non-hydrogen) atoms. The van der Waals surface area contributed by atoms with Crippen LogP contribution in [0, 0.1) is 12.3 Å². The van der Waals surface area contributed by atoms with E-state index < -0.39 is 5.97 Å². The van der Waals surface area contributed by atoms with E-state index in [1.54, 1.807) is 22.3 Å². The van der Waals surface area contributed by atoms with Crippen molar-refractivity contribution < 1.29 is 41.8 Å². The fraction of sp³-hybridized carbons (Fsp3) is 0.667. The summed E-state index contributed by atoms with van der Waals surface area (Å²) in [4.78, 5) is 9.00. The number of carboxylic acid groups (broad SMARTS) is 1. The number of carboxylic acids is 1. The number of rotatable bonds is 0. The molecule has 129 valence electrons. The van der Waals surface area contributed by atoms with Gasteiger partial charge in [-0.25, -0.2) is 12.0 Å². The van der Waals surface area contributed by atoms with Crippen LogP contribution >= 0.6 is 0 Å². The quantitative estimate of drug-likeness (QED) is 0.532. The molecule has 0 amide bonds. The van der Waals surface area contributed by atoms with E-state index in [-0.39, 0.29) is 21.7 Å². The van der Waals surface area contributed by atoms with Crippen LogP contribution in [-0.2, 0) is 26.5 Å². The molecule has 0 heterocycles. The minimum atomic E-state index is -0.833. The Labute approximate surface area is 155 Å². The zero-order chi connectivity index (χ0) is 17.1. The van der Waals surface area contributed by atoms with E-state index in [1.807, 2.05) is 0 Å². The molecule has 0 aromatic rings. The number of fused-ring (bicyclic) bond motifs is 1. The van der Waals surface area contributed by atoms with Crippen LogP contribution < -0.4 is 10.2 Å². The first kappa shape index (κ1) is 24.7. The van der Waals surface area contributed by atoms with Gasteiger partial charge in [-0.3, -0.25) is 4.79 Å². The second-order valence-corrected chi connectivity index (χ2v) is 5.48. The average molecular weight is 357 g/mol. The van der Waals surface area contributed by atoms with Gasteiger partial charge in [0.15, 0.2) is 0 Å². The SMILES string of the molecule is CC(=O)O.CC1C2=C(CCC[CH-]2)C2=C1CCCC2.C[O-].C[O-].[Ti+3]. The van der Waals surface area contributed by atoms with E-state index in [9.17, 15) is 0 Å². The van der Waals surface area contributed by atoms with E-state index in [1.165, 1.54) is 44.9 Å². The van der Waals surface area contributed by atoms with Gasteiger partial charge in [-0.2, -0.15) is 19.8 Å². The van der Waals surface area contributed by atoms with Gasteiger partial charge in [0, 0.05) is 6.92 Å². The zero-order valence-electron chi connectivity index (χ0n) is 14.8. The molecule has 0 fully saturated rings. The van der Waals surface area contributed by atoms with Crippen molar-refractivity contribution in [1.29, 1.82) is 0 Å². The van der Waals surface area contributed by atoms with Crippen LogP contribution in [0.1, 0.15) is 58.8 Å². The summed E-state index contributed by atoms with van der Waals surface area (Å²) in [5.74, 6) is -0.0550. The third-order valence-corrected chi connectivity index (χ3v) is 4.21. The molecule has 1 N–H and O–H groups in total. The normalized spacial score (nSPS) is 20.7. The van der Waals surface area contributed by atoms with Crippen molar-refractivity contribution in [2.24, 2.45) is 5.92 Å². The van der Waals surface area contributed by atoms with Gasteiger partial charge in [-0.05, 0) is 25.2 Å². The first-order chi connectivity index (χ1) is 10.6. The largest absolute Gasteiger partial charge is 3.00 e. The van der Waals surface area contributed by atoms with Crippen LogP contribution in [0.15, 0.2) is 22.3 Å². The molecule has 1 unspecified atom stereocenters. The van der Waals surface area contributed by atoms with Crippen molar-refractivity contribution >= 4 is 5.97 Å². The molecule has 3 aliphatic carbocycles. The molecule has 5 heteroatoms. The Morgan fingerprint density at radius 1 is 1.04 bits per heavy atom. The summed E-state index contributed by atoms with van der Waals surface area (Å²) in [6, 6.07) is 0. The summed E-state index contributed by atoms with van der Waals surface area (Å²) in [5, 5.41) is 23.9. The fourth-order valence-electron chi connectivity index (χ4n) is 3.51. The van der Waals surface area contributed by atoms with Gasteiger partial charge in [-0.1, -0.05) is 31.8 Å². The molecule has 1 radical (unpaired) electrons. The third kappa shape index (κ3) is 7.26. The number of hydrogen-bond donors (Lipinski definition) is 1. The predicted octanol–water partition coefficient (Wildman–Crippen LogP) is 2.23. The minimum Gasteiger partial charge on any atom is -0.857 e. The third-order valence-electron chi connectivity index (χ3n) is 4.21. The molecular formula is C18H29O4Ti. The van der Waals surface area contributed by atoms with E-state index in [4.69, 9.17) is 20.1 Å². The monoisotopic (exact) mass is 357 g/mol. The molecular weight excluding hydrogens is 328 g/mol. The van der Waals surface area contributed by atoms with Crippen molar-refractivity contribution in [3.63, 3.8) is 0 Å². The molecule has 0 saturated heterocycles. The zero-order valence-corrected chi connectivity index (χ0v) is 16.3. The maximum atomic E-state index is 9.00. The first-order valence-corrected chi connectivity index (χ1v) is 7.91. The summed E-state index contributed by atoms with van der Waals surface area (Å²) in [7, 11) is 1.50. The molecule has 4 nitrogen and oxygen atoms in total. The Kier molecular flexibility index (Phi) is 14.9. The van der Waals surface area contributed by atoms with Crippen LogP contribution in [0.3, 0.4) is 0 Å². The summed E-state index contributed by atoms with van der Waals surface area (Å²) >= 11 is 0. The number of hydrogen-bond acceptors (Lipinski definition) is 3. The minimum absolute atomic E-state index is 0. The molecule has 0 aliphatic heterocycles. The second-order valence-electron chi connectivity index (χ2n) is 5.48. The van der Waals surface area contributed by atoms with Crippen LogP contribution in [0.25, 0.3) is 0 Å². The summed E-state index contributed by atoms with van der Waals surface area (Å²) in [5.41, 5.74) is 7.07. The van der Waals surface area contributed by atoms with Gasteiger partial charge in [0.2, 0.25) is 0 Å². The average Bonchev–Trinajstić information content (AvgIpc) is 2.85. The van der Waals surface area contributed by atoms with Gasteiger partial charge >= 0.3 is 21.7 Å². The van der Waals surface area contributed by atoms with Gasteiger partial charge in [0.25, 0.3) is 5.97 Å². The molecule has 0 saturated carbocycles. The van der Waals surface area contributed by atoms with Crippen LogP contribution in [-0.4, -0.2) is 25.3 Å². The van der Waals surface area contributed by atoms with Crippen molar-refractivity contribution in [2.45, 2.75) is 58.8 Å². The van der Waals surface area contributed by atoms with E-state index >= 15 is 0 Å². The molecule has 0 aromatic heterocycles. The molecule has 1 atom stereocenters. The van der Waals surface area contributed by atoms with E-state index in [0.717, 1.165) is 27.1 Å². The number of allylic oxidation sites excluding steroid dienone is 4. The van der Waals surface area contributed by atoms with Crippen LogP contribution in [0.4, 0.5) is 0 Å². The summed E-state index contributed by atoms with van der Waals surface area (Å²) < 4.78 is 0. The maximum absolute atomic E-state index is 9.00. The van der Waals surface area contributed by atoms with Crippen LogP contribution in [0.5, 0.6) is 0 Å². The molecule has 0 spiro atoms. The topological polar surface area (TPSA) is 83.4 Å². The van der Waals surface area contributed by atoms with Crippen molar-refractivity contribution in [2.75, 3.05) is 14.2 Å². The molecule has 3 aliphatic rings. The van der Waals surface area contributed by atoms with Gasteiger partial charge in [0.05, 0.1) is 0 Å². The van der Waals surface area contributed by atoms with Crippen LogP contribution in [0.2, 0.25) is 0 Å². The molecule has 0 aromatic carbocycles. The smallest absolute Gasteiger partial charge is 0.857 e. The Hall–Kier alpha value is -0.546. The number of aliphatic carboxylic acids is 1. The van der Waals surface area contributed by atoms with Crippen molar-refractivity contribution in [3.8, 4) is 0 Å². The number of carbonyl (C=O) groups is 1. The molecule has 0 bridgehead atoms. The van der Waals surface area contributed by atoms with Crippen molar-refractivity contribution in [1.82, 2.24) is 0 Å². The first-order valence-electron chi connectivity index (χ1n) is 7.91. The Morgan fingerprint density at radius 3 is 2.09 bits per heavy atom. The standard InChI is InChI=1S/C14H19.C2H4O2.2CH3O.Ti/c1-10-11-6-2-4-8-13(11)14-9-5-3-7-12(10)14;1-2(3)4;2*1-2;/h6,10H,2-5,7-9H2,1H3;1H3,(H,3,4);2*1H3;/q-1;;2*-1;+3. The fourth-order valence-corrected chi connectivity index (χ4v) is 3.51. The van der Waals surface area contributed by atoms with E-state index in [0.29, 0.717) is 0 Å². The Bertz CT molecular complexity index is 377. The van der Waals surface area contributed by atoms with Gasteiger partial charge in [-0.15, -0.1) is 12.0 Å². The van der Waals surface area contributed by atoms with Gasteiger partial charge < -0.3 is 15.3 Å². The van der Waals surface area contributed by atoms with Gasteiger partial charge in [0.1, 0.15) is 0 Å². The summed E-state index contributed by atoms with van der Waals surface area (Å²) in [6.45, 7) is 3.50. The predicted molar refractivity (Wildman–Crippen MR) is 85.0 cm³/mol. The summed E-state index contributed by atoms with van der Waals surface area (Å²) in [6.07, 6.45) is 12.2. The Morgan fingerprint density at radius 2 is 1.52 bits per heavy atom. The Balaban J connectivity index is 0. The van der Waals surface area contributed by atoms with E-state index in [2.05, 4.69) is 13.3 Å². The maximum Gasteiger partial charge on any atom is 3.00 e.